The predicted octanol–water partition coefficient (Wildman–Crippen LogP) is 19.6. The summed E-state index contributed by atoms with van der Waals surface area (Å²) in [5.41, 5.74) is 11.4. The van der Waals surface area contributed by atoms with Gasteiger partial charge in [0, 0.05) is 33.3 Å². The maximum absolute atomic E-state index is 18.0. The third-order valence-corrected chi connectivity index (χ3v) is 19.1. The maximum atomic E-state index is 18.0. The zero-order chi connectivity index (χ0) is 52.3. The Labute approximate surface area is 447 Å². The molecule has 0 unspecified atom stereocenters. The molecule has 0 spiro atoms. The van der Waals surface area contributed by atoms with Crippen LogP contribution in [-0.4, -0.2) is 16.1 Å². The molecule has 0 saturated heterocycles. The molecule has 0 bridgehead atoms. The van der Waals surface area contributed by atoms with Gasteiger partial charge in [0.15, 0.2) is 0 Å². The Bertz CT molecular complexity index is 3830. The monoisotopic (exact) mass is 1020 g/mol. The Morgan fingerprint density at radius 2 is 0.645 bits per heavy atom. The molecule has 0 atom stereocenters. The number of anilines is 6. The fraction of sp³-hybridized carbons (Fsp3) is 0.0857. The van der Waals surface area contributed by atoms with Gasteiger partial charge in [0.25, 0.3) is 0 Å². The van der Waals surface area contributed by atoms with Gasteiger partial charge in [-0.2, -0.15) is 0 Å². The Morgan fingerprint density at radius 3 is 1.00 bits per heavy atom. The molecule has 0 heterocycles. The van der Waals surface area contributed by atoms with Gasteiger partial charge in [0.1, 0.15) is 11.6 Å². The number of nitrogens with zero attached hydrogens (tertiary/aromatic N) is 2. The van der Waals surface area contributed by atoms with Gasteiger partial charge in [0.2, 0.25) is 0 Å². The van der Waals surface area contributed by atoms with E-state index in [-0.39, 0.29) is 11.6 Å². The van der Waals surface area contributed by atoms with E-state index in [0.717, 1.165) is 99.6 Å². The van der Waals surface area contributed by atoms with E-state index in [0.29, 0.717) is 11.4 Å². The summed E-state index contributed by atoms with van der Waals surface area (Å²) in [6, 6.07) is 83.1. The number of halogens is 2. The summed E-state index contributed by atoms with van der Waals surface area (Å²) in [6.07, 6.45) is 0. The minimum absolute atomic E-state index is 0.322. The molecule has 0 aliphatic rings. The summed E-state index contributed by atoms with van der Waals surface area (Å²) in [4.78, 5) is 4.32. The summed E-state index contributed by atoms with van der Waals surface area (Å²) < 4.78 is 36.1. The highest BCUT2D eigenvalue weighted by Gasteiger charge is 2.30. The van der Waals surface area contributed by atoms with Crippen LogP contribution in [0.1, 0.15) is 0 Å². The van der Waals surface area contributed by atoms with Gasteiger partial charge in [-0.1, -0.05) is 232 Å². The van der Waals surface area contributed by atoms with Crippen molar-refractivity contribution < 1.29 is 8.78 Å². The van der Waals surface area contributed by atoms with Gasteiger partial charge in [-0.25, -0.2) is 8.78 Å². The molecule has 12 aromatic rings. The second-order valence-electron chi connectivity index (χ2n) is 22.0. The topological polar surface area (TPSA) is 6.48 Å². The lowest BCUT2D eigenvalue weighted by atomic mass is 9.90. The van der Waals surface area contributed by atoms with Crippen LogP contribution in [-0.2, 0) is 0 Å². The van der Waals surface area contributed by atoms with Crippen molar-refractivity contribution in [1.82, 2.24) is 0 Å². The minimum atomic E-state index is -1.85. The molecule has 0 saturated carbocycles. The Morgan fingerprint density at radius 1 is 0.303 bits per heavy atom. The van der Waals surface area contributed by atoms with Crippen molar-refractivity contribution in [2.75, 3.05) is 9.80 Å². The maximum Gasteiger partial charge on any atom is 0.148 e. The summed E-state index contributed by atoms with van der Waals surface area (Å²) in [7, 11) is -3.70. The average molecular weight is 1020 g/mol. The molecule has 0 fully saturated rings. The second-order valence-corrected chi connectivity index (χ2v) is 32.2. The molecule has 12 rings (SSSR count). The van der Waals surface area contributed by atoms with Gasteiger partial charge in [-0.3, -0.25) is 0 Å². The molecule has 0 aromatic heterocycles. The largest absolute Gasteiger partial charge is 0.307 e. The smallest absolute Gasteiger partial charge is 0.148 e. The van der Waals surface area contributed by atoms with Crippen LogP contribution in [0, 0.1) is 11.6 Å². The molecule has 2 nitrogen and oxygen atoms in total. The molecule has 0 aliphatic carbocycles. The predicted molar refractivity (Wildman–Crippen MR) is 327 cm³/mol. The van der Waals surface area contributed by atoms with Crippen LogP contribution in [0.2, 0.25) is 39.3 Å². The summed E-state index contributed by atoms with van der Waals surface area (Å²) in [5.74, 6) is -0.644. The fourth-order valence-corrected chi connectivity index (χ4v) is 13.4. The summed E-state index contributed by atoms with van der Waals surface area (Å²) in [5, 5.41) is 8.74. The van der Waals surface area contributed by atoms with Crippen molar-refractivity contribution >= 4 is 93.0 Å². The van der Waals surface area contributed by atoms with Crippen LogP contribution in [0.5, 0.6) is 0 Å². The molecular formula is C70H58F2N2Si2. The van der Waals surface area contributed by atoms with Crippen LogP contribution >= 0.6 is 0 Å². The zero-order valence-electron chi connectivity index (χ0n) is 43.7. The molecule has 76 heavy (non-hydrogen) atoms. The first-order valence-corrected chi connectivity index (χ1v) is 33.2. The SMILES string of the molecule is C[Si](C)(C)c1cccc(N(c2c(F)cc(-c3ccccc3)cc2-c2ccccc2)c2ccc3ccc4c(N(c5cccc([Si](C)(C)C)c5)c5c(F)cc(-c6ccccc6)cc5-c5ccccc5)ccc5ccc2c3c54)c1. The van der Waals surface area contributed by atoms with Crippen molar-refractivity contribution in [3.8, 4) is 44.5 Å². The first-order valence-electron chi connectivity index (χ1n) is 26.2. The average Bonchev–Trinajstić information content (AvgIpc) is 3.58. The van der Waals surface area contributed by atoms with Crippen LogP contribution < -0.4 is 20.2 Å². The van der Waals surface area contributed by atoms with E-state index in [1.165, 1.54) is 10.4 Å². The number of benzene rings is 12. The second kappa shape index (κ2) is 19.4. The third kappa shape index (κ3) is 8.87. The third-order valence-electron chi connectivity index (χ3n) is 15.0. The van der Waals surface area contributed by atoms with Crippen molar-refractivity contribution in [2.24, 2.45) is 0 Å². The molecule has 0 N–H and O–H groups in total. The van der Waals surface area contributed by atoms with Gasteiger partial charge >= 0.3 is 0 Å². The van der Waals surface area contributed by atoms with Gasteiger partial charge in [-0.15, -0.1) is 0 Å². The summed E-state index contributed by atoms with van der Waals surface area (Å²) >= 11 is 0. The van der Waals surface area contributed by atoms with Crippen LogP contribution in [0.15, 0.2) is 243 Å². The van der Waals surface area contributed by atoms with Crippen molar-refractivity contribution in [2.45, 2.75) is 39.3 Å². The van der Waals surface area contributed by atoms with E-state index < -0.39 is 16.1 Å². The highest BCUT2D eigenvalue weighted by atomic mass is 28.3. The van der Waals surface area contributed by atoms with Crippen molar-refractivity contribution in [3.05, 3.63) is 254 Å². The van der Waals surface area contributed by atoms with Crippen LogP contribution in [0.25, 0.3) is 76.8 Å². The molecule has 370 valence electrons. The van der Waals surface area contributed by atoms with E-state index in [1.807, 2.05) is 97.1 Å². The molecule has 0 radical (unpaired) electrons. The lowest BCUT2D eigenvalue weighted by molar-refractivity contribution is 0.629. The standard InChI is InChI=1S/C70H58F2N2Si2/c1-75(2,3)57-31-19-29-55(45-57)73(69-61(49-25-15-9-16-26-49)41-53(43-63(69)71)47-21-11-7-12-22-47)65-39-35-51-34-38-60-66(40-36-52-33-37-59(65)67(51)68(52)60)74(56-30-20-32-58(46-56)76(4,5)6)70-62(50-27-17-10-18-28-50)42-54(44-64(70)72)48-23-13-8-14-24-48/h7-46H,1-6H3. The summed E-state index contributed by atoms with van der Waals surface area (Å²) in [6.45, 7) is 14.1. The van der Waals surface area contributed by atoms with Crippen LogP contribution in [0.3, 0.4) is 0 Å². The van der Waals surface area contributed by atoms with E-state index >= 15 is 8.78 Å². The first-order chi connectivity index (χ1) is 36.8. The first kappa shape index (κ1) is 48.5. The lowest BCUT2D eigenvalue weighted by Crippen LogP contribution is -2.37. The van der Waals surface area contributed by atoms with Gasteiger partial charge in [-0.05, 0) is 116 Å². The number of hydrogen-bond donors (Lipinski definition) is 0. The number of rotatable bonds is 12. The quantitative estimate of drug-likeness (QED) is 0.0889. The minimum Gasteiger partial charge on any atom is -0.307 e. The Balaban J connectivity index is 1.15. The number of hydrogen-bond acceptors (Lipinski definition) is 2. The zero-order valence-corrected chi connectivity index (χ0v) is 45.7. The molecule has 6 heteroatoms. The highest BCUT2D eigenvalue weighted by Crippen LogP contribution is 2.52. The van der Waals surface area contributed by atoms with E-state index in [9.17, 15) is 0 Å². The normalized spacial score (nSPS) is 11.9. The van der Waals surface area contributed by atoms with E-state index in [2.05, 4.69) is 183 Å². The van der Waals surface area contributed by atoms with Crippen LogP contribution in [0.4, 0.5) is 42.9 Å². The molecule has 12 aromatic carbocycles. The van der Waals surface area contributed by atoms with Gasteiger partial charge in [0.05, 0.1) is 38.9 Å². The molecule has 0 amide bonds. The van der Waals surface area contributed by atoms with Gasteiger partial charge < -0.3 is 9.80 Å². The van der Waals surface area contributed by atoms with E-state index in [1.54, 1.807) is 12.1 Å². The Hall–Kier alpha value is -8.43. The van der Waals surface area contributed by atoms with Crippen molar-refractivity contribution in [1.29, 1.82) is 0 Å². The lowest BCUT2D eigenvalue weighted by Gasteiger charge is -2.32. The van der Waals surface area contributed by atoms with Crippen molar-refractivity contribution in [3.63, 3.8) is 0 Å². The Kier molecular flexibility index (Phi) is 12.4. The highest BCUT2D eigenvalue weighted by molar-refractivity contribution is 6.89. The van der Waals surface area contributed by atoms with E-state index in [4.69, 9.17) is 0 Å². The molecular weight excluding hydrogens is 963 g/mol. The fourth-order valence-electron chi connectivity index (χ4n) is 11.1. The molecule has 0 aliphatic heterocycles.